The van der Waals surface area contributed by atoms with Gasteiger partial charge in [-0.3, -0.25) is 4.99 Å². The summed E-state index contributed by atoms with van der Waals surface area (Å²) in [4.78, 5) is 4.29. The number of hydrogen-bond acceptors (Lipinski definition) is 4. The van der Waals surface area contributed by atoms with Crippen LogP contribution in [0.25, 0.3) is 0 Å². The van der Waals surface area contributed by atoms with Crippen LogP contribution in [-0.2, 0) is 16.6 Å². The Kier molecular flexibility index (Phi) is 10.2. The summed E-state index contributed by atoms with van der Waals surface area (Å²) in [6, 6.07) is 8.00. The summed E-state index contributed by atoms with van der Waals surface area (Å²) < 4.78 is 30.8. The van der Waals surface area contributed by atoms with E-state index in [-0.39, 0.29) is 29.6 Å². The van der Waals surface area contributed by atoms with E-state index in [1.165, 1.54) is 6.26 Å². The van der Waals surface area contributed by atoms with E-state index in [2.05, 4.69) is 15.6 Å². The summed E-state index contributed by atoms with van der Waals surface area (Å²) in [6.45, 7) is 8.67. The molecule has 2 rings (SSSR count). The summed E-state index contributed by atoms with van der Waals surface area (Å²) >= 11 is 0. The molecular formula is C20H35IN4O3S. The number of nitrogens with one attached hydrogen (secondary N) is 2. The Morgan fingerprint density at radius 2 is 1.83 bits per heavy atom. The zero-order valence-corrected chi connectivity index (χ0v) is 21.2. The highest BCUT2D eigenvalue weighted by atomic mass is 127. The van der Waals surface area contributed by atoms with Crippen LogP contribution in [0.1, 0.15) is 39.2 Å². The van der Waals surface area contributed by atoms with E-state index in [0.29, 0.717) is 25.6 Å². The van der Waals surface area contributed by atoms with Crippen LogP contribution in [0.15, 0.2) is 29.3 Å². The number of rotatable bonds is 6. The minimum absolute atomic E-state index is 0. The molecule has 1 saturated heterocycles. The van der Waals surface area contributed by atoms with E-state index in [9.17, 15) is 8.42 Å². The average Bonchev–Trinajstić information content (AvgIpc) is 2.61. The van der Waals surface area contributed by atoms with Crippen molar-refractivity contribution < 1.29 is 13.2 Å². The Hall–Kier alpha value is -1.07. The van der Waals surface area contributed by atoms with Crippen LogP contribution in [0.2, 0.25) is 0 Å². The van der Waals surface area contributed by atoms with Crippen molar-refractivity contribution >= 4 is 40.0 Å². The van der Waals surface area contributed by atoms with E-state index < -0.39 is 10.0 Å². The summed E-state index contributed by atoms with van der Waals surface area (Å²) in [5.74, 6) is 2.04. The van der Waals surface area contributed by atoms with E-state index in [4.69, 9.17) is 4.74 Å². The highest BCUT2D eigenvalue weighted by Gasteiger charge is 2.24. The smallest absolute Gasteiger partial charge is 0.211 e. The van der Waals surface area contributed by atoms with Gasteiger partial charge in [-0.25, -0.2) is 12.7 Å². The topological polar surface area (TPSA) is 83.0 Å². The van der Waals surface area contributed by atoms with Gasteiger partial charge in [-0.15, -0.1) is 24.0 Å². The van der Waals surface area contributed by atoms with Gasteiger partial charge in [-0.1, -0.05) is 18.2 Å². The number of aliphatic imine (C=N–C) groups is 1. The standard InChI is InChI=1S/C20H34N4O3S.HI/c1-20(2,3)27-18-9-7-6-8-17(18)15-23-19(21-4)22-14-16-10-12-24(13-11-16)28(5,25)26;/h6-9,16H,10-15H2,1-5H3,(H2,21,22,23);1H. The van der Waals surface area contributed by atoms with Crippen LogP contribution in [0.4, 0.5) is 0 Å². The van der Waals surface area contributed by atoms with Crippen molar-refractivity contribution in [2.24, 2.45) is 10.9 Å². The molecule has 7 nitrogen and oxygen atoms in total. The maximum absolute atomic E-state index is 11.6. The normalized spacial score (nSPS) is 16.8. The summed E-state index contributed by atoms with van der Waals surface area (Å²) in [6.07, 6.45) is 3.00. The lowest BCUT2D eigenvalue weighted by atomic mass is 9.98. The average molecular weight is 538 g/mol. The molecule has 0 aliphatic carbocycles. The molecule has 1 aromatic carbocycles. The van der Waals surface area contributed by atoms with Crippen LogP contribution >= 0.6 is 24.0 Å². The third-order valence-electron chi connectivity index (χ3n) is 4.66. The molecule has 0 radical (unpaired) electrons. The second kappa shape index (κ2) is 11.4. The Balaban J connectivity index is 0.00000420. The molecule has 1 aromatic rings. The van der Waals surface area contributed by atoms with Crippen molar-refractivity contribution in [3.8, 4) is 5.75 Å². The molecule has 29 heavy (non-hydrogen) atoms. The number of piperidine rings is 1. The van der Waals surface area contributed by atoms with Gasteiger partial charge >= 0.3 is 0 Å². The molecular weight excluding hydrogens is 503 g/mol. The van der Waals surface area contributed by atoms with Crippen molar-refractivity contribution in [1.29, 1.82) is 0 Å². The quantitative estimate of drug-likeness (QED) is 0.331. The number of hydrogen-bond donors (Lipinski definition) is 2. The molecule has 2 N–H and O–H groups in total. The van der Waals surface area contributed by atoms with Gasteiger partial charge in [0.1, 0.15) is 11.4 Å². The molecule has 0 saturated carbocycles. The van der Waals surface area contributed by atoms with Gasteiger partial charge in [-0.05, 0) is 45.6 Å². The molecule has 9 heteroatoms. The first-order chi connectivity index (χ1) is 13.1. The Labute approximate surface area is 192 Å². The molecule has 0 atom stereocenters. The molecule has 0 unspecified atom stereocenters. The summed E-state index contributed by atoms with van der Waals surface area (Å²) in [5.41, 5.74) is 0.818. The maximum Gasteiger partial charge on any atom is 0.211 e. The zero-order valence-electron chi connectivity index (χ0n) is 18.1. The van der Waals surface area contributed by atoms with Crippen LogP contribution in [0.5, 0.6) is 5.75 Å². The van der Waals surface area contributed by atoms with Crippen LogP contribution < -0.4 is 15.4 Å². The van der Waals surface area contributed by atoms with E-state index in [1.807, 2.05) is 45.0 Å². The molecule has 0 amide bonds. The van der Waals surface area contributed by atoms with Crippen molar-refractivity contribution in [1.82, 2.24) is 14.9 Å². The van der Waals surface area contributed by atoms with Crippen molar-refractivity contribution in [2.45, 2.75) is 45.8 Å². The number of sulfonamides is 1. The molecule has 1 aliphatic heterocycles. The van der Waals surface area contributed by atoms with E-state index in [1.54, 1.807) is 11.4 Å². The first kappa shape index (κ1) is 26.0. The van der Waals surface area contributed by atoms with Crippen LogP contribution in [0, 0.1) is 5.92 Å². The predicted molar refractivity (Wildman–Crippen MR) is 130 cm³/mol. The van der Waals surface area contributed by atoms with Crippen molar-refractivity contribution in [3.05, 3.63) is 29.8 Å². The van der Waals surface area contributed by atoms with Gasteiger partial charge in [0.15, 0.2) is 5.96 Å². The molecule has 166 valence electrons. The number of ether oxygens (including phenoxy) is 1. The van der Waals surface area contributed by atoms with Crippen molar-refractivity contribution in [3.63, 3.8) is 0 Å². The first-order valence-electron chi connectivity index (χ1n) is 9.75. The Morgan fingerprint density at radius 1 is 1.21 bits per heavy atom. The van der Waals surface area contributed by atoms with Gasteiger partial charge in [0.2, 0.25) is 10.0 Å². The third kappa shape index (κ3) is 9.08. The van der Waals surface area contributed by atoms with Crippen LogP contribution in [0.3, 0.4) is 0 Å². The molecule has 1 aliphatic rings. The van der Waals surface area contributed by atoms with Gasteiger partial charge in [-0.2, -0.15) is 0 Å². The second-order valence-electron chi connectivity index (χ2n) is 8.23. The minimum atomic E-state index is -3.08. The second-order valence-corrected chi connectivity index (χ2v) is 10.2. The summed E-state index contributed by atoms with van der Waals surface area (Å²) in [7, 11) is -1.33. The lowest BCUT2D eigenvalue weighted by Crippen LogP contribution is -2.43. The fraction of sp³-hybridized carbons (Fsp3) is 0.650. The highest BCUT2D eigenvalue weighted by molar-refractivity contribution is 14.0. The van der Waals surface area contributed by atoms with Crippen molar-refractivity contribution in [2.75, 3.05) is 32.9 Å². The number of benzene rings is 1. The molecule has 1 heterocycles. The Morgan fingerprint density at radius 3 is 2.38 bits per heavy atom. The monoisotopic (exact) mass is 538 g/mol. The Bertz CT molecular complexity index is 770. The fourth-order valence-corrected chi connectivity index (χ4v) is 4.04. The van der Waals surface area contributed by atoms with Gasteiger partial charge < -0.3 is 15.4 Å². The predicted octanol–water partition coefficient (Wildman–Crippen LogP) is 2.82. The SMILES string of the molecule is CN=C(NCc1ccccc1OC(C)(C)C)NCC1CCN(S(C)(=O)=O)CC1.I. The summed E-state index contributed by atoms with van der Waals surface area (Å²) in [5, 5.41) is 6.70. The lowest BCUT2D eigenvalue weighted by molar-refractivity contribution is 0.129. The minimum Gasteiger partial charge on any atom is -0.488 e. The molecule has 0 bridgehead atoms. The van der Waals surface area contributed by atoms with Gasteiger partial charge in [0.25, 0.3) is 0 Å². The van der Waals surface area contributed by atoms with Gasteiger partial charge in [0, 0.05) is 38.8 Å². The molecule has 0 spiro atoms. The first-order valence-corrected chi connectivity index (χ1v) is 11.6. The number of guanidine groups is 1. The highest BCUT2D eigenvalue weighted by Crippen LogP contribution is 2.23. The number of nitrogens with zero attached hydrogens (tertiary/aromatic N) is 2. The van der Waals surface area contributed by atoms with Crippen LogP contribution in [-0.4, -0.2) is 57.2 Å². The number of halogens is 1. The molecule has 1 fully saturated rings. The molecule has 0 aromatic heterocycles. The lowest BCUT2D eigenvalue weighted by Gasteiger charge is -2.30. The van der Waals surface area contributed by atoms with Gasteiger partial charge in [0.05, 0.1) is 6.26 Å². The third-order valence-corrected chi connectivity index (χ3v) is 5.96. The zero-order chi connectivity index (χ0) is 20.8. The van der Waals surface area contributed by atoms with E-state index >= 15 is 0 Å². The number of para-hydroxylation sites is 1. The largest absolute Gasteiger partial charge is 0.488 e. The van der Waals surface area contributed by atoms with E-state index in [0.717, 1.165) is 36.7 Å². The fourth-order valence-electron chi connectivity index (χ4n) is 3.16. The maximum atomic E-state index is 11.6.